The molecule has 4 heteroatoms. The normalized spacial score (nSPS) is 12.4. The van der Waals surface area contributed by atoms with Crippen molar-refractivity contribution in [3.63, 3.8) is 0 Å². The van der Waals surface area contributed by atoms with Crippen molar-refractivity contribution in [3.05, 3.63) is 0 Å². The predicted octanol–water partition coefficient (Wildman–Crippen LogP) is 5.84. The van der Waals surface area contributed by atoms with Gasteiger partial charge in [0.25, 0.3) is 0 Å². The highest BCUT2D eigenvalue weighted by Crippen LogP contribution is 2.14. The summed E-state index contributed by atoms with van der Waals surface area (Å²) in [5.41, 5.74) is 0. The molecule has 156 valence electrons. The Morgan fingerprint density at radius 1 is 0.538 bits per heavy atom. The lowest BCUT2D eigenvalue weighted by Gasteiger charge is -2.05. The summed E-state index contributed by atoms with van der Waals surface area (Å²) in [4.78, 5) is 10.5. The van der Waals surface area contributed by atoms with E-state index in [2.05, 4.69) is 0 Å². The summed E-state index contributed by atoms with van der Waals surface area (Å²) in [6, 6.07) is 0. The van der Waals surface area contributed by atoms with Crippen molar-refractivity contribution in [2.75, 3.05) is 6.61 Å². The molecule has 0 saturated heterocycles. The Kier molecular flexibility index (Phi) is 20.2. The quantitative estimate of drug-likeness (QED) is 0.221. The standard InChI is InChI=1S/C22H44O4/c23-20-18-16-14-12-10-8-6-4-2-1-3-5-7-9-11-13-15-17-19-21(24)22(25)26/h21,23-24H,1-20H2,(H,25,26). The summed E-state index contributed by atoms with van der Waals surface area (Å²) in [5.74, 6) is -1.10. The van der Waals surface area contributed by atoms with Gasteiger partial charge in [0.1, 0.15) is 0 Å². The number of carbonyl (C=O) groups is 1. The third-order valence-electron chi connectivity index (χ3n) is 5.17. The van der Waals surface area contributed by atoms with Crippen LogP contribution in [-0.2, 0) is 4.79 Å². The molecular weight excluding hydrogens is 328 g/mol. The van der Waals surface area contributed by atoms with Gasteiger partial charge in [0, 0.05) is 6.61 Å². The summed E-state index contributed by atoms with van der Waals surface area (Å²) < 4.78 is 0. The Labute approximate surface area is 161 Å². The Morgan fingerprint density at radius 2 is 0.808 bits per heavy atom. The first-order chi connectivity index (χ1) is 12.7. The highest BCUT2D eigenvalue weighted by molar-refractivity contribution is 5.71. The van der Waals surface area contributed by atoms with E-state index >= 15 is 0 Å². The van der Waals surface area contributed by atoms with Crippen LogP contribution in [0.5, 0.6) is 0 Å². The van der Waals surface area contributed by atoms with Crippen molar-refractivity contribution < 1.29 is 20.1 Å². The van der Waals surface area contributed by atoms with Gasteiger partial charge in [-0.2, -0.15) is 0 Å². The zero-order valence-electron chi connectivity index (χ0n) is 17.0. The maximum atomic E-state index is 10.5. The van der Waals surface area contributed by atoms with Crippen molar-refractivity contribution in [3.8, 4) is 0 Å². The van der Waals surface area contributed by atoms with Gasteiger partial charge in [-0.3, -0.25) is 0 Å². The van der Waals surface area contributed by atoms with Crippen LogP contribution in [0, 0.1) is 0 Å². The van der Waals surface area contributed by atoms with Crippen LogP contribution in [0.2, 0.25) is 0 Å². The van der Waals surface area contributed by atoms with Gasteiger partial charge in [0.05, 0.1) is 0 Å². The van der Waals surface area contributed by atoms with Crippen molar-refractivity contribution in [2.24, 2.45) is 0 Å². The Bertz CT molecular complexity index is 294. The molecule has 0 aliphatic heterocycles. The molecule has 3 N–H and O–H groups in total. The van der Waals surface area contributed by atoms with Crippen LogP contribution >= 0.6 is 0 Å². The number of hydrogen-bond donors (Lipinski definition) is 3. The molecule has 0 rings (SSSR count). The first-order valence-electron chi connectivity index (χ1n) is 11.2. The molecule has 0 heterocycles. The first-order valence-corrected chi connectivity index (χ1v) is 11.2. The second kappa shape index (κ2) is 20.7. The minimum absolute atomic E-state index is 0.347. The van der Waals surface area contributed by atoms with Gasteiger partial charge in [0.15, 0.2) is 6.10 Å². The molecule has 0 amide bonds. The van der Waals surface area contributed by atoms with Crippen LogP contribution in [0.4, 0.5) is 0 Å². The van der Waals surface area contributed by atoms with Crippen LogP contribution in [0.25, 0.3) is 0 Å². The zero-order chi connectivity index (χ0) is 19.3. The molecule has 26 heavy (non-hydrogen) atoms. The van der Waals surface area contributed by atoms with Gasteiger partial charge in [-0.15, -0.1) is 0 Å². The number of carboxylic acid groups (broad SMARTS) is 1. The molecule has 0 radical (unpaired) electrons. The third-order valence-corrected chi connectivity index (χ3v) is 5.17. The highest BCUT2D eigenvalue weighted by atomic mass is 16.4. The molecule has 0 fully saturated rings. The first kappa shape index (κ1) is 25.4. The number of hydrogen-bond acceptors (Lipinski definition) is 3. The lowest BCUT2D eigenvalue weighted by molar-refractivity contribution is -0.146. The van der Waals surface area contributed by atoms with E-state index in [0.29, 0.717) is 13.0 Å². The molecule has 1 unspecified atom stereocenters. The Hall–Kier alpha value is -0.610. The van der Waals surface area contributed by atoms with Crippen LogP contribution in [0.15, 0.2) is 0 Å². The Morgan fingerprint density at radius 3 is 1.08 bits per heavy atom. The van der Waals surface area contributed by atoms with E-state index in [-0.39, 0.29) is 0 Å². The minimum atomic E-state index is -1.17. The second-order valence-corrected chi connectivity index (χ2v) is 7.73. The molecule has 0 bridgehead atoms. The molecule has 0 spiro atoms. The van der Waals surface area contributed by atoms with Gasteiger partial charge < -0.3 is 15.3 Å². The number of aliphatic hydroxyl groups excluding tert-OH is 2. The van der Waals surface area contributed by atoms with E-state index < -0.39 is 12.1 Å². The molecular formula is C22H44O4. The summed E-state index contributed by atoms with van der Waals surface area (Å²) >= 11 is 0. The number of aliphatic hydroxyl groups is 2. The maximum Gasteiger partial charge on any atom is 0.332 e. The largest absolute Gasteiger partial charge is 0.479 e. The van der Waals surface area contributed by atoms with Gasteiger partial charge in [-0.1, -0.05) is 109 Å². The lowest BCUT2D eigenvalue weighted by Crippen LogP contribution is -2.18. The van der Waals surface area contributed by atoms with E-state index in [0.717, 1.165) is 25.7 Å². The molecule has 0 saturated carbocycles. The topological polar surface area (TPSA) is 77.8 Å². The third kappa shape index (κ3) is 19.7. The number of aliphatic carboxylic acids is 1. The maximum absolute atomic E-state index is 10.5. The van der Waals surface area contributed by atoms with Crippen LogP contribution in [0.3, 0.4) is 0 Å². The number of unbranched alkanes of at least 4 members (excludes halogenated alkanes) is 17. The highest BCUT2D eigenvalue weighted by Gasteiger charge is 2.11. The summed E-state index contributed by atoms with van der Waals surface area (Å²) in [6.07, 6.45) is 21.8. The number of rotatable bonds is 21. The van der Waals surface area contributed by atoms with E-state index in [1.54, 1.807) is 0 Å². The average Bonchev–Trinajstić information content (AvgIpc) is 2.63. The molecule has 0 aliphatic carbocycles. The predicted molar refractivity (Wildman–Crippen MR) is 108 cm³/mol. The average molecular weight is 373 g/mol. The fraction of sp³-hybridized carbons (Fsp3) is 0.955. The summed E-state index contributed by atoms with van der Waals surface area (Å²) in [5, 5.41) is 26.4. The smallest absolute Gasteiger partial charge is 0.332 e. The number of carboxylic acids is 1. The van der Waals surface area contributed by atoms with Gasteiger partial charge in [-0.05, 0) is 12.8 Å². The summed E-state index contributed by atoms with van der Waals surface area (Å²) in [7, 11) is 0. The fourth-order valence-electron chi connectivity index (χ4n) is 3.40. The van der Waals surface area contributed by atoms with Gasteiger partial charge in [-0.25, -0.2) is 4.79 Å². The van der Waals surface area contributed by atoms with E-state index in [4.69, 9.17) is 15.3 Å². The lowest BCUT2D eigenvalue weighted by atomic mass is 10.0. The van der Waals surface area contributed by atoms with Crippen molar-refractivity contribution in [1.82, 2.24) is 0 Å². The minimum Gasteiger partial charge on any atom is -0.479 e. The molecule has 1 atom stereocenters. The van der Waals surface area contributed by atoms with Gasteiger partial charge >= 0.3 is 5.97 Å². The van der Waals surface area contributed by atoms with E-state index in [1.807, 2.05) is 0 Å². The molecule has 0 aromatic rings. The fourth-order valence-corrected chi connectivity index (χ4v) is 3.40. The zero-order valence-corrected chi connectivity index (χ0v) is 17.0. The molecule has 4 nitrogen and oxygen atoms in total. The van der Waals surface area contributed by atoms with E-state index in [1.165, 1.54) is 89.9 Å². The van der Waals surface area contributed by atoms with Crippen LogP contribution in [0.1, 0.15) is 122 Å². The molecule has 0 aromatic heterocycles. The van der Waals surface area contributed by atoms with Crippen molar-refractivity contribution >= 4 is 5.97 Å². The van der Waals surface area contributed by atoms with E-state index in [9.17, 15) is 4.79 Å². The Balaban J connectivity index is 3.04. The SMILES string of the molecule is O=C(O)C(O)CCCCCCCCCCCCCCCCCCCCO. The molecule has 0 aromatic carbocycles. The van der Waals surface area contributed by atoms with Crippen molar-refractivity contribution in [2.45, 2.75) is 128 Å². The van der Waals surface area contributed by atoms with Crippen LogP contribution in [-0.4, -0.2) is 34.0 Å². The van der Waals surface area contributed by atoms with Crippen LogP contribution < -0.4 is 0 Å². The van der Waals surface area contributed by atoms with Crippen molar-refractivity contribution in [1.29, 1.82) is 0 Å². The second-order valence-electron chi connectivity index (χ2n) is 7.73. The summed E-state index contributed by atoms with van der Waals surface area (Å²) in [6.45, 7) is 0.347. The monoisotopic (exact) mass is 372 g/mol. The van der Waals surface area contributed by atoms with Gasteiger partial charge in [0.2, 0.25) is 0 Å². The molecule has 0 aliphatic rings.